The monoisotopic (exact) mass is 293 g/mol. The highest BCUT2D eigenvalue weighted by Gasteiger charge is 2.08. The van der Waals surface area contributed by atoms with Gasteiger partial charge >= 0.3 is 0 Å². The van der Waals surface area contributed by atoms with E-state index < -0.39 is 9.84 Å². The minimum atomic E-state index is -3.17. The molecule has 0 aliphatic heterocycles. The van der Waals surface area contributed by atoms with Gasteiger partial charge in [-0.1, -0.05) is 12.1 Å². The fourth-order valence-corrected chi connectivity index (χ4v) is 2.51. The van der Waals surface area contributed by atoms with Crippen molar-refractivity contribution in [3.05, 3.63) is 59.9 Å². The van der Waals surface area contributed by atoms with E-state index in [2.05, 4.69) is 5.32 Å². The molecular weight excluding hydrogens is 277 g/mol. The summed E-state index contributed by atoms with van der Waals surface area (Å²) in [6, 6.07) is 12.8. The highest BCUT2D eigenvalue weighted by molar-refractivity contribution is 7.90. The topological polar surface area (TPSA) is 46.2 Å². The molecule has 0 radical (unpaired) electrons. The molecule has 0 saturated carbocycles. The summed E-state index contributed by atoms with van der Waals surface area (Å²) in [6.45, 7) is 1.96. The van der Waals surface area contributed by atoms with Gasteiger partial charge in [0.25, 0.3) is 0 Å². The average molecular weight is 293 g/mol. The van der Waals surface area contributed by atoms with E-state index in [1.165, 1.54) is 18.4 Å². The molecule has 20 heavy (non-hydrogen) atoms. The minimum absolute atomic E-state index is 0.000293. The Morgan fingerprint density at radius 2 is 1.55 bits per heavy atom. The Bertz CT molecular complexity index is 679. The maximum absolute atomic E-state index is 12.9. The van der Waals surface area contributed by atoms with Crippen LogP contribution in [-0.4, -0.2) is 14.7 Å². The minimum Gasteiger partial charge on any atom is -0.379 e. The van der Waals surface area contributed by atoms with Crippen molar-refractivity contribution in [2.75, 3.05) is 11.6 Å². The largest absolute Gasteiger partial charge is 0.379 e. The third kappa shape index (κ3) is 3.57. The van der Waals surface area contributed by atoms with Gasteiger partial charge in [0.15, 0.2) is 9.84 Å². The normalized spacial score (nSPS) is 12.9. The predicted octanol–water partition coefficient (Wildman–Crippen LogP) is 3.40. The Labute approximate surface area is 118 Å². The standard InChI is InChI=1S/C15H16FNO2S/c1-11(12-3-5-13(16)6-4-12)17-14-7-9-15(10-8-14)20(2,18)19/h3-11,17H,1-2H3. The van der Waals surface area contributed by atoms with Crippen LogP contribution >= 0.6 is 0 Å². The molecule has 106 valence electrons. The molecule has 1 unspecified atom stereocenters. The Kier molecular flexibility index (Phi) is 4.09. The second-order valence-corrected chi connectivity index (χ2v) is 6.73. The molecule has 5 heteroatoms. The molecule has 0 aliphatic carbocycles. The first-order valence-electron chi connectivity index (χ1n) is 6.18. The number of rotatable bonds is 4. The Morgan fingerprint density at radius 3 is 2.05 bits per heavy atom. The highest BCUT2D eigenvalue weighted by Crippen LogP contribution is 2.21. The Hall–Kier alpha value is -1.88. The maximum atomic E-state index is 12.9. The van der Waals surface area contributed by atoms with Crippen molar-refractivity contribution in [1.29, 1.82) is 0 Å². The zero-order valence-electron chi connectivity index (χ0n) is 11.3. The van der Waals surface area contributed by atoms with Crippen LogP contribution < -0.4 is 5.32 Å². The van der Waals surface area contributed by atoms with Crippen LogP contribution in [0.3, 0.4) is 0 Å². The molecule has 2 aromatic carbocycles. The maximum Gasteiger partial charge on any atom is 0.175 e. The average Bonchev–Trinajstić information content (AvgIpc) is 2.39. The summed E-state index contributed by atoms with van der Waals surface area (Å²) in [5, 5.41) is 3.24. The molecule has 3 nitrogen and oxygen atoms in total. The quantitative estimate of drug-likeness (QED) is 0.939. The molecule has 0 heterocycles. The fraction of sp³-hybridized carbons (Fsp3) is 0.200. The van der Waals surface area contributed by atoms with Gasteiger partial charge in [0.1, 0.15) is 5.82 Å². The van der Waals surface area contributed by atoms with Crippen molar-refractivity contribution in [3.63, 3.8) is 0 Å². The summed E-state index contributed by atoms with van der Waals surface area (Å²) >= 11 is 0. The van der Waals surface area contributed by atoms with Gasteiger partial charge in [-0.05, 0) is 48.9 Å². The third-order valence-electron chi connectivity index (χ3n) is 3.04. The predicted molar refractivity (Wildman–Crippen MR) is 78.0 cm³/mol. The van der Waals surface area contributed by atoms with E-state index in [-0.39, 0.29) is 16.8 Å². The third-order valence-corrected chi connectivity index (χ3v) is 4.16. The van der Waals surface area contributed by atoms with Crippen LogP contribution in [-0.2, 0) is 9.84 Å². The highest BCUT2D eigenvalue weighted by atomic mass is 32.2. The van der Waals surface area contributed by atoms with Gasteiger partial charge in [-0.25, -0.2) is 12.8 Å². The lowest BCUT2D eigenvalue weighted by atomic mass is 10.1. The fourth-order valence-electron chi connectivity index (χ4n) is 1.88. The summed E-state index contributed by atoms with van der Waals surface area (Å²) in [6.07, 6.45) is 1.18. The smallest absolute Gasteiger partial charge is 0.175 e. The number of benzene rings is 2. The van der Waals surface area contributed by atoms with E-state index >= 15 is 0 Å². The van der Waals surface area contributed by atoms with E-state index in [1.54, 1.807) is 36.4 Å². The van der Waals surface area contributed by atoms with E-state index in [0.717, 1.165) is 11.3 Å². The molecule has 1 N–H and O–H groups in total. The van der Waals surface area contributed by atoms with Crippen molar-refractivity contribution < 1.29 is 12.8 Å². The van der Waals surface area contributed by atoms with Crippen molar-refractivity contribution >= 4 is 15.5 Å². The molecule has 0 aliphatic rings. The van der Waals surface area contributed by atoms with E-state index in [9.17, 15) is 12.8 Å². The van der Waals surface area contributed by atoms with Crippen LogP contribution in [0.25, 0.3) is 0 Å². The lowest BCUT2D eigenvalue weighted by Gasteiger charge is -2.16. The summed E-state index contributed by atoms with van der Waals surface area (Å²) in [5.74, 6) is -0.265. The molecule has 0 aromatic heterocycles. The Morgan fingerprint density at radius 1 is 1.00 bits per heavy atom. The molecule has 1 atom stereocenters. The van der Waals surface area contributed by atoms with Crippen molar-refractivity contribution in [2.24, 2.45) is 0 Å². The molecule has 2 aromatic rings. The lowest BCUT2D eigenvalue weighted by Crippen LogP contribution is -2.06. The van der Waals surface area contributed by atoms with Gasteiger partial charge in [-0.15, -0.1) is 0 Å². The number of anilines is 1. The second kappa shape index (κ2) is 5.63. The van der Waals surface area contributed by atoms with E-state index in [4.69, 9.17) is 0 Å². The summed E-state index contributed by atoms with van der Waals surface area (Å²) in [7, 11) is -3.17. The number of hydrogen-bond acceptors (Lipinski definition) is 3. The van der Waals surface area contributed by atoms with E-state index in [1.807, 2.05) is 6.92 Å². The van der Waals surface area contributed by atoms with E-state index in [0.29, 0.717) is 0 Å². The first-order chi connectivity index (χ1) is 9.36. The number of nitrogens with one attached hydrogen (secondary N) is 1. The van der Waals surface area contributed by atoms with Gasteiger partial charge in [-0.2, -0.15) is 0 Å². The molecule has 0 bridgehead atoms. The Balaban J connectivity index is 2.12. The lowest BCUT2D eigenvalue weighted by molar-refractivity contribution is 0.602. The van der Waals surface area contributed by atoms with Gasteiger partial charge in [-0.3, -0.25) is 0 Å². The van der Waals surface area contributed by atoms with Crippen LogP contribution in [0, 0.1) is 5.82 Å². The molecule has 0 saturated heterocycles. The number of sulfone groups is 1. The first-order valence-corrected chi connectivity index (χ1v) is 8.07. The molecule has 0 fully saturated rings. The van der Waals surface area contributed by atoms with Crippen molar-refractivity contribution in [2.45, 2.75) is 17.9 Å². The summed E-state index contributed by atoms with van der Waals surface area (Å²) in [5.41, 5.74) is 1.77. The number of halogens is 1. The zero-order chi connectivity index (χ0) is 14.8. The van der Waals surface area contributed by atoms with Gasteiger partial charge in [0.05, 0.1) is 4.90 Å². The van der Waals surface area contributed by atoms with Gasteiger partial charge in [0.2, 0.25) is 0 Å². The second-order valence-electron chi connectivity index (χ2n) is 4.71. The van der Waals surface area contributed by atoms with Crippen LogP contribution in [0.1, 0.15) is 18.5 Å². The van der Waals surface area contributed by atoms with Gasteiger partial charge in [0, 0.05) is 18.0 Å². The molecule has 0 spiro atoms. The van der Waals surface area contributed by atoms with Crippen LogP contribution in [0.4, 0.5) is 10.1 Å². The van der Waals surface area contributed by atoms with Crippen LogP contribution in [0.15, 0.2) is 53.4 Å². The summed E-state index contributed by atoms with van der Waals surface area (Å²) in [4.78, 5) is 0.289. The number of hydrogen-bond donors (Lipinski definition) is 1. The van der Waals surface area contributed by atoms with Gasteiger partial charge < -0.3 is 5.32 Å². The SMILES string of the molecule is CC(Nc1ccc(S(C)(=O)=O)cc1)c1ccc(F)cc1. The zero-order valence-corrected chi connectivity index (χ0v) is 12.1. The van der Waals surface area contributed by atoms with Crippen LogP contribution in [0.2, 0.25) is 0 Å². The van der Waals surface area contributed by atoms with Crippen molar-refractivity contribution in [3.8, 4) is 0 Å². The molecule has 0 amide bonds. The summed E-state index contributed by atoms with van der Waals surface area (Å²) < 4.78 is 35.6. The van der Waals surface area contributed by atoms with Crippen LogP contribution in [0.5, 0.6) is 0 Å². The molecule has 2 rings (SSSR count). The molecular formula is C15H16FNO2S. The van der Waals surface area contributed by atoms with Crippen molar-refractivity contribution in [1.82, 2.24) is 0 Å². The first kappa shape index (κ1) is 14.5.